The number of nitrogens with one attached hydrogen (secondary N) is 1. The lowest BCUT2D eigenvalue weighted by atomic mass is 10.1. The highest BCUT2D eigenvalue weighted by Gasteiger charge is 2.34. The van der Waals surface area contributed by atoms with Crippen LogP contribution in [0, 0.1) is 0 Å². The summed E-state index contributed by atoms with van der Waals surface area (Å²) in [5, 5.41) is 3.87. The second-order valence-corrected chi connectivity index (χ2v) is 5.15. The first kappa shape index (κ1) is 13.1. The molecule has 96 valence electrons. The van der Waals surface area contributed by atoms with Crippen LogP contribution in [0.15, 0.2) is 24.3 Å². The Hall–Kier alpha value is -1.33. The molecule has 18 heavy (non-hydrogen) atoms. The third-order valence-corrected chi connectivity index (χ3v) is 3.00. The monoisotopic (exact) mass is 285 g/mol. The van der Waals surface area contributed by atoms with Gasteiger partial charge in [-0.3, -0.25) is 0 Å². The Balaban J connectivity index is 1.92. The Morgan fingerprint density at radius 2 is 2.22 bits per heavy atom. The molecule has 1 aromatic rings. The molecule has 1 unspecified atom stereocenters. The fourth-order valence-electron chi connectivity index (χ4n) is 1.52. The maximum atomic E-state index is 11.8. The van der Waals surface area contributed by atoms with Crippen LogP contribution in [0.4, 0.5) is 0 Å². The van der Waals surface area contributed by atoms with Crippen molar-refractivity contribution >= 4 is 35.0 Å². The molecule has 1 fully saturated rings. The molecule has 0 aromatic heterocycles. The predicted molar refractivity (Wildman–Crippen MR) is 71.8 cm³/mol. The van der Waals surface area contributed by atoms with Crippen molar-refractivity contribution in [3.8, 4) is 0 Å². The zero-order valence-electron chi connectivity index (χ0n) is 9.73. The van der Waals surface area contributed by atoms with Gasteiger partial charge in [-0.2, -0.15) is 0 Å². The zero-order chi connectivity index (χ0) is 13.2. The molecule has 2 rings (SSSR count). The number of hydrogen-bond acceptors (Lipinski definition) is 4. The summed E-state index contributed by atoms with van der Waals surface area (Å²) in [5.74, 6) is -0.396. The fraction of sp³-hybridized carbons (Fsp3) is 0.333. The van der Waals surface area contributed by atoms with Crippen LogP contribution in [0.1, 0.15) is 17.3 Å². The number of esters is 1. The first-order valence-electron chi connectivity index (χ1n) is 5.36. The molecule has 1 heterocycles. The topological polar surface area (TPSA) is 47.6 Å². The molecule has 1 atom stereocenters. The molecule has 0 aliphatic carbocycles. The van der Waals surface area contributed by atoms with Gasteiger partial charge in [-0.25, -0.2) is 4.79 Å². The molecule has 0 spiro atoms. The standard InChI is InChI=1S/C12H12ClNO3S/c1-12(7-17-11(18)14-12)6-16-10(15)8-2-4-9(13)5-3-8/h2-5H,6-7H2,1H3,(H,14,18). The minimum absolute atomic E-state index is 0.189. The number of thiocarbonyl (C=S) groups is 1. The van der Waals surface area contributed by atoms with E-state index < -0.39 is 11.5 Å². The van der Waals surface area contributed by atoms with E-state index in [-0.39, 0.29) is 6.61 Å². The van der Waals surface area contributed by atoms with Crippen molar-refractivity contribution in [2.24, 2.45) is 0 Å². The van der Waals surface area contributed by atoms with Gasteiger partial charge >= 0.3 is 5.97 Å². The SMILES string of the molecule is CC1(COC(=O)c2ccc(Cl)cc2)COC(=S)N1. The summed E-state index contributed by atoms with van der Waals surface area (Å²) >= 11 is 10.6. The number of rotatable bonds is 3. The third kappa shape index (κ3) is 3.11. The first-order chi connectivity index (χ1) is 8.48. The van der Waals surface area contributed by atoms with Crippen LogP contribution in [-0.4, -0.2) is 29.9 Å². The summed E-state index contributed by atoms with van der Waals surface area (Å²) in [5.41, 5.74) is 0.00333. The second kappa shape index (κ2) is 5.12. The minimum Gasteiger partial charge on any atom is -0.468 e. The average Bonchev–Trinajstić information content (AvgIpc) is 2.68. The number of carbonyl (C=O) groups excluding carboxylic acids is 1. The first-order valence-corrected chi connectivity index (χ1v) is 6.15. The summed E-state index contributed by atoms with van der Waals surface area (Å²) < 4.78 is 10.4. The fourth-order valence-corrected chi connectivity index (χ4v) is 1.95. The van der Waals surface area contributed by atoms with E-state index in [0.717, 1.165) is 0 Å². The second-order valence-electron chi connectivity index (χ2n) is 4.34. The van der Waals surface area contributed by atoms with E-state index in [1.54, 1.807) is 24.3 Å². The van der Waals surface area contributed by atoms with Gasteiger partial charge in [0, 0.05) is 5.02 Å². The molecule has 1 aliphatic rings. The van der Waals surface area contributed by atoms with Crippen molar-refractivity contribution in [2.75, 3.05) is 13.2 Å². The largest absolute Gasteiger partial charge is 0.468 e. The van der Waals surface area contributed by atoms with Crippen molar-refractivity contribution in [1.82, 2.24) is 5.32 Å². The van der Waals surface area contributed by atoms with Crippen molar-refractivity contribution < 1.29 is 14.3 Å². The Bertz CT molecular complexity index is 477. The van der Waals surface area contributed by atoms with E-state index >= 15 is 0 Å². The van der Waals surface area contributed by atoms with Crippen LogP contribution in [0.25, 0.3) is 0 Å². The lowest BCUT2D eigenvalue weighted by Gasteiger charge is -2.20. The van der Waals surface area contributed by atoms with Crippen LogP contribution < -0.4 is 5.32 Å². The van der Waals surface area contributed by atoms with Gasteiger partial charge in [0.05, 0.1) is 5.56 Å². The molecule has 0 radical (unpaired) electrons. The Kier molecular flexibility index (Phi) is 3.73. The van der Waals surface area contributed by atoms with Crippen LogP contribution in [0.3, 0.4) is 0 Å². The summed E-state index contributed by atoms with van der Waals surface area (Å²) in [6.07, 6.45) is 0. The molecule has 1 saturated heterocycles. The van der Waals surface area contributed by atoms with Crippen molar-refractivity contribution in [1.29, 1.82) is 0 Å². The molecule has 4 nitrogen and oxygen atoms in total. The lowest BCUT2D eigenvalue weighted by Crippen LogP contribution is -2.45. The number of hydrogen-bond donors (Lipinski definition) is 1. The van der Waals surface area contributed by atoms with E-state index in [1.807, 2.05) is 6.92 Å². The van der Waals surface area contributed by atoms with Gasteiger partial charge in [-0.05, 0) is 43.4 Å². The molecular formula is C12H12ClNO3S. The summed E-state index contributed by atoms with van der Waals surface area (Å²) in [7, 11) is 0. The number of benzene rings is 1. The Morgan fingerprint density at radius 1 is 1.56 bits per heavy atom. The van der Waals surface area contributed by atoms with Crippen LogP contribution in [-0.2, 0) is 9.47 Å². The Morgan fingerprint density at radius 3 is 2.78 bits per heavy atom. The quantitative estimate of drug-likeness (QED) is 0.681. The molecule has 1 N–H and O–H groups in total. The molecular weight excluding hydrogens is 274 g/mol. The Labute approximate surface area is 115 Å². The van der Waals surface area contributed by atoms with Crippen molar-refractivity contribution in [2.45, 2.75) is 12.5 Å². The van der Waals surface area contributed by atoms with Crippen molar-refractivity contribution in [3.05, 3.63) is 34.9 Å². The smallest absolute Gasteiger partial charge is 0.338 e. The van der Waals surface area contributed by atoms with Crippen molar-refractivity contribution in [3.63, 3.8) is 0 Å². The number of carbonyl (C=O) groups is 1. The van der Waals surface area contributed by atoms with Gasteiger partial charge in [0.2, 0.25) is 0 Å². The minimum atomic E-state index is -0.459. The maximum absolute atomic E-state index is 11.8. The van der Waals surface area contributed by atoms with Crippen LogP contribution in [0.2, 0.25) is 5.02 Å². The zero-order valence-corrected chi connectivity index (χ0v) is 11.3. The van der Waals surface area contributed by atoms with E-state index in [4.69, 9.17) is 33.3 Å². The third-order valence-electron chi connectivity index (χ3n) is 2.53. The molecule has 0 saturated carbocycles. The van der Waals surface area contributed by atoms with Gasteiger partial charge < -0.3 is 14.8 Å². The van der Waals surface area contributed by atoms with E-state index in [0.29, 0.717) is 22.4 Å². The van der Waals surface area contributed by atoms with Gasteiger partial charge in [0.25, 0.3) is 5.17 Å². The van der Waals surface area contributed by atoms with E-state index in [9.17, 15) is 4.79 Å². The highest BCUT2D eigenvalue weighted by Crippen LogP contribution is 2.15. The summed E-state index contributed by atoms with van der Waals surface area (Å²) in [4.78, 5) is 11.8. The van der Waals surface area contributed by atoms with Gasteiger partial charge in [-0.1, -0.05) is 11.6 Å². The molecule has 1 aromatic carbocycles. The van der Waals surface area contributed by atoms with E-state index in [1.165, 1.54) is 0 Å². The number of halogens is 1. The predicted octanol–water partition coefficient (Wildman–Crippen LogP) is 2.16. The molecule has 0 amide bonds. The van der Waals surface area contributed by atoms with Gasteiger partial charge in [0.15, 0.2) is 0 Å². The maximum Gasteiger partial charge on any atom is 0.338 e. The highest BCUT2D eigenvalue weighted by molar-refractivity contribution is 7.80. The molecule has 6 heteroatoms. The summed E-state index contributed by atoms with van der Waals surface area (Å²) in [6.45, 7) is 2.45. The number of ether oxygens (including phenoxy) is 2. The van der Waals surface area contributed by atoms with Crippen LogP contribution in [0.5, 0.6) is 0 Å². The van der Waals surface area contributed by atoms with E-state index in [2.05, 4.69) is 5.32 Å². The summed E-state index contributed by atoms with van der Waals surface area (Å²) in [6, 6.07) is 6.53. The molecule has 1 aliphatic heterocycles. The van der Waals surface area contributed by atoms with Gasteiger partial charge in [0.1, 0.15) is 18.8 Å². The average molecular weight is 286 g/mol. The normalized spacial score (nSPS) is 22.2. The highest BCUT2D eigenvalue weighted by atomic mass is 35.5. The molecule has 0 bridgehead atoms. The van der Waals surface area contributed by atoms with Crippen LogP contribution >= 0.6 is 23.8 Å². The van der Waals surface area contributed by atoms with Gasteiger partial charge in [-0.15, -0.1) is 0 Å². The lowest BCUT2D eigenvalue weighted by molar-refractivity contribution is 0.0391.